The Labute approximate surface area is 157 Å². The number of methoxy groups -OCH3 is 2. The smallest absolute Gasteiger partial charge is 0.160 e. The summed E-state index contributed by atoms with van der Waals surface area (Å²) >= 11 is 0. The van der Waals surface area contributed by atoms with Gasteiger partial charge in [-0.1, -0.05) is 6.07 Å². The minimum absolute atomic E-state index is 0.0344. The molecule has 0 bridgehead atoms. The first-order chi connectivity index (χ1) is 12.9. The first-order valence-corrected chi connectivity index (χ1v) is 8.59. The van der Waals surface area contributed by atoms with Gasteiger partial charge in [0.25, 0.3) is 0 Å². The van der Waals surface area contributed by atoms with Crippen molar-refractivity contribution in [2.75, 3.05) is 27.4 Å². The molecule has 146 valence electrons. The van der Waals surface area contributed by atoms with Gasteiger partial charge in [-0.15, -0.1) is 0 Å². The van der Waals surface area contributed by atoms with Crippen molar-refractivity contribution in [2.24, 2.45) is 5.92 Å². The monoisotopic (exact) mass is 376 g/mol. The van der Waals surface area contributed by atoms with E-state index in [9.17, 15) is 25.5 Å². The fourth-order valence-electron chi connectivity index (χ4n) is 3.97. The molecule has 2 aromatic rings. The number of phenols is 2. The highest BCUT2D eigenvalue weighted by Crippen LogP contribution is 2.49. The van der Waals surface area contributed by atoms with E-state index >= 15 is 0 Å². The Hall–Kier alpha value is -2.48. The lowest BCUT2D eigenvalue weighted by Gasteiger charge is -2.44. The van der Waals surface area contributed by atoms with Crippen molar-refractivity contribution in [3.8, 4) is 23.0 Å². The number of phenolic OH excluding ortho intramolecular Hbond substituents is 2. The fraction of sp³-hybridized carbons (Fsp3) is 0.400. The van der Waals surface area contributed by atoms with Crippen LogP contribution in [0.4, 0.5) is 0 Å². The molecule has 7 nitrogen and oxygen atoms in total. The molecule has 1 aliphatic rings. The molecule has 2 aromatic carbocycles. The topological polar surface area (TPSA) is 120 Å². The van der Waals surface area contributed by atoms with E-state index in [1.54, 1.807) is 24.3 Å². The molecule has 0 saturated carbocycles. The molecule has 0 saturated heterocycles. The number of aromatic hydroxyl groups is 2. The quantitative estimate of drug-likeness (QED) is 0.531. The van der Waals surface area contributed by atoms with Crippen LogP contribution in [0.1, 0.15) is 22.6 Å². The van der Waals surface area contributed by atoms with Gasteiger partial charge >= 0.3 is 0 Å². The summed E-state index contributed by atoms with van der Waals surface area (Å²) in [6, 6.07) is 7.94. The maximum atomic E-state index is 11.0. The Kier molecular flexibility index (Phi) is 5.19. The largest absolute Gasteiger partial charge is 0.504 e. The third-order valence-electron chi connectivity index (χ3n) is 5.40. The number of hydrogen-bond acceptors (Lipinski definition) is 7. The zero-order valence-electron chi connectivity index (χ0n) is 15.2. The van der Waals surface area contributed by atoms with E-state index in [0.717, 1.165) is 0 Å². The summed E-state index contributed by atoms with van der Waals surface area (Å²) in [4.78, 5) is 0. The summed E-state index contributed by atoms with van der Waals surface area (Å²) in [5.74, 6) is -0.842. The second-order valence-corrected chi connectivity index (χ2v) is 6.86. The van der Waals surface area contributed by atoms with Crippen LogP contribution in [-0.4, -0.2) is 58.6 Å². The minimum atomic E-state index is -1.56. The van der Waals surface area contributed by atoms with Gasteiger partial charge in [-0.05, 0) is 41.0 Å². The van der Waals surface area contributed by atoms with Crippen molar-refractivity contribution in [3.63, 3.8) is 0 Å². The van der Waals surface area contributed by atoms with E-state index in [-0.39, 0.29) is 36.0 Å². The van der Waals surface area contributed by atoms with E-state index in [0.29, 0.717) is 16.7 Å². The summed E-state index contributed by atoms with van der Waals surface area (Å²) in [7, 11) is 2.86. The molecular weight excluding hydrogens is 352 g/mol. The maximum absolute atomic E-state index is 11.0. The molecule has 1 aliphatic carbocycles. The van der Waals surface area contributed by atoms with Crippen molar-refractivity contribution >= 4 is 0 Å². The normalized spacial score (nSPS) is 24.3. The Morgan fingerprint density at radius 1 is 1.00 bits per heavy atom. The van der Waals surface area contributed by atoms with Crippen molar-refractivity contribution in [3.05, 3.63) is 47.0 Å². The van der Waals surface area contributed by atoms with Crippen LogP contribution in [-0.2, 0) is 6.42 Å². The van der Waals surface area contributed by atoms with Crippen molar-refractivity contribution < 1.29 is 35.0 Å². The summed E-state index contributed by atoms with van der Waals surface area (Å²) in [6.45, 7) is -0.913. The number of benzene rings is 2. The Bertz CT molecular complexity index is 835. The highest BCUT2D eigenvalue weighted by molar-refractivity contribution is 5.54. The third-order valence-corrected chi connectivity index (χ3v) is 5.40. The molecule has 3 atom stereocenters. The first-order valence-electron chi connectivity index (χ1n) is 8.59. The molecule has 7 heteroatoms. The number of ether oxygens (including phenoxy) is 2. The van der Waals surface area contributed by atoms with Gasteiger partial charge in [0.15, 0.2) is 23.0 Å². The molecule has 5 N–H and O–H groups in total. The fourth-order valence-corrected chi connectivity index (χ4v) is 3.97. The van der Waals surface area contributed by atoms with Crippen molar-refractivity contribution in [1.29, 1.82) is 0 Å². The van der Waals surface area contributed by atoms with Crippen LogP contribution in [0.25, 0.3) is 0 Å². The van der Waals surface area contributed by atoms with Gasteiger partial charge < -0.3 is 35.0 Å². The van der Waals surface area contributed by atoms with E-state index in [1.165, 1.54) is 20.3 Å². The second kappa shape index (κ2) is 7.26. The van der Waals surface area contributed by atoms with Crippen LogP contribution in [0.2, 0.25) is 0 Å². The lowest BCUT2D eigenvalue weighted by atomic mass is 9.64. The predicted molar refractivity (Wildman–Crippen MR) is 97.5 cm³/mol. The van der Waals surface area contributed by atoms with E-state index in [1.807, 2.05) is 0 Å². The molecule has 27 heavy (non-hydrogen) atoms. The summed E-state index contributed by atoms with van der Waals surface area (Å²) in [5, 5.41) is 51.1. The van der Waals surface area contributed by atoms with Crippen molar-refractivity contribution in [2.45, 2.75) is 17.9 Å². The van der Waals surface area contributed by atoms with Gasteiger partial charge in [0.2, 0.25) is 0 Å². The van der Waals surface area contributed by atoms with Gasteiger partial charge in [-0.3, -0.25) is 0 Å². The van der Waals surface area contributed by atoms with Crippen LogP contribution in [0.5, 0.6) is 23.0 Å². The van der Waals surface area contributed by atoms with Crippen LogP contribution in [0, 0.1) is 5.92 Å². The van der Waals surface area contributed by atoms with Crippen LogP contribution in [0.15, 0.2) is 30.3 Å². The summed E-state index contributed by atoms with van der Waals surface area (Å²) < 4.78 is 10.3. The molecule has 0 unspecified atom stereocenters. The Balaban J connectivity index is 2.24. The van der Waals surface area contributed by atoms with Crippen LogP contribution in [0.3, 0.4) is 0 Å². The highest BCUT2D eigenvalue weighted by atomic mass is 16.5. The molecule has 0 heterocycles. The molecule has 0 spiro atoms. The summed E-state index contributed by atoms with van der Waals surface area (Å²) in [6.07, 6.45) is 0.104. The molecule has 3 rings (SSSR count). The lowest BCUT2D eigenvalue weighted by molar-refractivity contribution is -0.0875. The number of hydrogen-bond donors (Lipinski definition) is 5. The number of aliphatic hydroxyl groups is 3. The van der Waals surface area contributed by atoms with E-state index in [2.05, 4.69) is 0 Å². The maximum Gasteiger partial charge on any atom is 0.160 e. The summed E-state index contributed by atoms with van der Waals surface area (Å²) in [5.41, 5.74) is 0.515. The first kappa shape index (κ1) is 19.3. The average Bonchev–Trinajstić information content (AvgIpc) is 2.67. The Morgan fingerprint density at radius 3 is 2.26 bits per heavy atom. The standard InChI is InChI=1S/C20H24O7/c1-26-17-5-11(3-4-15(17)23)19-13-7-16(24)18(27-2)6-12(13)8-20(25,10-22)14(19)9-21/h3-7,14,19,21-25H,8-10H2,1-2H3/t14-,19-,20+/m1/s1. The van der Waals surface area contributed by atoms with E-state index in [4.69, 9.17) is 9.47 Å². The van der Waals surface area contributed by atoms with Gasteiger partial charge in [0, 0.05) is 24.9 Å². The highest BCUT2D eigenvalue weighted by Gasteiger charge is 2.47. The third kappa shape index (κ3) is 3.18. The van der Waals surface area contributed by atoms with Crippen LogP contribution < -0.4 is 9.47 Å². The second-order valence-electron chi connectivity index (χ2n) is 6.86. The van der Waals surface area contributed by atoms with Crippen LogP contribution >= 0.6 is 0 Å². The molecule has 0 aromatic heterocycles. The van der Waals surface area contributed by atoms with Crippen molar-refractivity contribution in [1.82, 2.24) is 0 Å². The lowest BCUT2D eigenvalue weighted by Crippen LogP contribution is -2.51. The molecule has 0 radical (unpaired) electrons. The minimum Gasteiger partial charge on any atom is -0.504 e. The van der Waals surface area contributed by atoms with Gasteiger partial charge in [0.05, 0.1) is 26.4 Å². The van der Waals surface area contributed by atoms with Gasteiger partial charge in [0.1, 0.15) is 0 Å². The number of fused-ring (bicyclic) bond motifs is 1. The number of aliphatic hydroxyl groups excluding tert-OH is 2. The zero-order chi connectivity index (χ0) is 19.8. The van der Waals surface area contributed by atoms with Gasteiger partial charge in [-0.2, -0.15) is 0 Å². The Morgan fingerprint density at radius 2 is 1.67 bits per heavy atom. The van der Waals surface area contributed by atoms with Gasteiger partial charge in [-0.25, -0.2) is 0 Å². The SMILES string of the molecule is COc1cc([C@@H]2c3cc(O)c(OC)cc3C[C@](O)(CO)[C@@H]2CO)ccc1O. The molecule has 0 amide bonds. The molecular formula is C20H24O7. The number of rotatable bonds is 5. The molecule has 0 fully saturated rings. The predicted octanol–water partition coefficient (Wildman–Crippen LogP) is 1.13. The average molecular weight is 376 g/mol. The molecule has 0 aliphatic heterocycles. The zero-order valence-corrected chi connectivity index (χ0v) is 15.2. The van der Waals surface area contributed by atoms with E-state index < -0.39 is 24.0 Å².